The molecule has 0 bridgehead atoms. The van der Waals surface area contributed by atoms with Gasteiger partial charge in [-0.25, -0.2) is 4.79 Å². The number of esters is 1. The molecule has 0 saturated carbocycles. The highest BCUT2D eigenvalue weighted by Crippen LogP contribution is 2.19. The Labute approximate surface area is 124 Å². The number of piperidine rings is 1. The van der Waals surface area contributed by atoms with Crippen molar-refractivity contribution in [3.63, 3.8) is 0 Å². The van der Waals surface area contributed by atoms with Crippen LogP contribution in [0.15, 0.2) is 12.7 Å². The van der Waals surface area contributed by atoms with Gasteiger partial charge in [0.15, 0.2) is 0 Å². The average molecular weight is 297 g/mol. The standard InChI is InChI=1S/C14H23N3O4/c1-3-7-15-14(20)16-12(18)10-17-8-5-4-6-11(17)9-13(19)21-2/h3,11H,1,4-10H2,2H3,(H2,15,16,18,20)/t11-/m1/s1. The third kappa shape index (κ3) is 6.40. The second-order valence-electron chi connectivity index (χ2n) is 4.95. The summed E-state index contributed by atoms with van der Waals surface area (Å²) in [6.07, 6.45) is 4.66. The summed E-state index contributed by atoms with van der Waals surface area (Å²) in [4.78, 5) is 36.5. The number of carbonyl (C=O) groups excluding carboxylic acids is 3. The van der Waals surface area contributed by atoms with Gasteiger partial charge in [-0.15, -0.1) is 6.58 Å². The maximum absolute atomic E-state index is 11.8. The number of nitrogens with one attached hydrogen (secondary N) is 2. The van der Waals surface area contributed by atoms with E-state index in [9.17, 15) is 14.4 Å². The van der Waals surface area contributed by atoms with Gasteiger partial charge in [-0.2, -0.15) is 0 Å². The molecule has 1 aliphatic heterocycles. The first-order valence-electron chi connectivity index (χ1n) is 7.06. The van der Waals surface area contributed by atoms with Gasteiger partial charge in [0, 0.05) is 12.6 Å². The second-order valence-corrected chi connectivity index (χ2v) is 4.95. The second kappa shape index (κ2) is 9.12. The monoisotopic (exact) mass is 297 g/mol. The van der Waals surface area contributed by atoms with Crippen LogP contribution < -0.4 is 10.6 Å². The summed E-state index contributed by atoms with van der Waals surface area (Å²) in [5.74, 6) is -0.663. The van der Waals surface area contributed by atoms with Crippen LogP contribution in [0, 0.1) is 0 Å². The summed E-state index contributed by atoms with van der Waals surface area (Å²) in [6, 6.07) is -0.547. The Morgan fingerprint density at radius 1 is 1.38 bits per heavy atom. The fourth-order valence-electron chi connectivity index (χ4n) is 2.33. The number of rotatable bonds is 6. The van der Waals surface area contributed by atoms with Crippen molar-refractivity contribution in [2.75, 3.05) is 26.7 Å². The Bertz CT molecular complexity index is 398. The van der Waals surface area contributed by atoms with Crippen LogP contribution in [0.4, 0.5) is 4.79 Å². The number of methoxy groups -OCH3 is 1. The molecule has 0 aromatic carbocycles. The lowest BCUT2D eigenvalue weighted by atomic mass is 9.99. The van der Waals surface area contributed by atoms with Crippen molar-refractivity contribution in [2.24, 2.45) is 0 Å². The molecule has 7 heteroatoms. The minimum atomic E-state index is -0.540. The molecule has 1 saturated heterocycles. The van der Waals surface area contributed by atoms with Gasteiger partial charge in [0.25, 0.3) is 0 Å². The molecule has 0 aliphatic carbocycles. The van der Waals surface area contributed by atoms with Crippen molar-refractivity contribution in [3.05, 3.63) is 12.7 Å². The summed E-state index contributed by atoms with van der Waals surface area (Å²) in [5.41, 5.74) is 0. The van der Waals surface area contributed by atoms with Crippen LogP contribution in [-0.4, -0.2) is 55.6 Å². The quantitative estimate of drug-likeness (QED) is 0.548. The molecule has 1 rings (SSSR count). The van der Waals surface area contributed by atoms with E-state index in [2.05, 4.69) is 21.9 Å². The van der Waals surface area contributed by atoms with Gasteiger partial charge in [0.2, 0.25) is 5.91 Å². The van der Waals surface area contributed by atoms with Crippen LogP contribution in [0.1, 0.15) is 25.7 Å². The minimum Gasteiger partial charge on any atom is -0.469 e. The zero-order valence-corrected chi connectivity index (χ0v) is 12.4. The number of ether oxygens (including phenoxy) is 1. The van der Waals surface area contributed by atoms with E-state index in [0.717, 1.165) is 25.8 Å². The van der Waals surface area contributed by atoms with Crippen molar-refractivity contribution in [1.29, 1.82) is 0 Å². The molecule has 21 heavy (non-hydrogen) atoms. The summed E-state index contributed by atoms with van der Waals surface area (Å²) in [5, 5.41) is 4.73. The van der Waals surface area contributed by atoms with Gasteiger partial charge in [0.1, 0.15) is 0 Å². The number of hydrogen-bond donors (Lipinski definition) is 2. The minimum absolute atomic E-state index is 0.00631. The summed E-state index contributed by atoms with van der Waals surface area (Å²) in [7, 11) is 1.35. The highest BCUT2D eigenvalue weighted by atomic mass is 16.5. The van der Waals surface area contributed by atoms with E-state index in [1.165, 1.54) is 13.2 Å². The van der Waals surface area contributed by atoms with Crippen LogP contribution in [0.2, 0.25) is 0 Å². The lowest BCUT2D eigenvalue weighted by Gasteiger charge is -2.34. The first kappa shape index (κ1) is 17.2. The summed E-state index contributed by atoms with van der Waals surface area (Å²) >= 11 is 0. The molecule has 3 amide bonds. The number of likely N-dealkylation sites (tertiary alicyclic amines) is 1. The topological polar surface area (TPSA) is 87.7 Å². The Hall–Kier alpha value is -1.89. The summed E-state index contributed by atoms with van der Waals surface area (Å²) in [6.45, 7) is 4.61. The van der Waals surface area contributed by atoms with Crippen LogP contribution in [-0.2, 0) is 14.3 Å². The maximum Gasteiger partial charge on any atom is 0.321 e. The predicted octanol–water partition coefficient (Wildman–Crippen LogP) is 0.416. The van der Waals surface area contributed by atoms with Crippen LogP contribution in [0.3, 0.4) is 0 Å². The first-order valence-corrected chi connectivity index (χ1v) is 7.06. The molecule has 0 aromatic rings. The SMILES string of the molecule is C=CCNC(=O)NC(=O)CN1CCCC[C@@H]1CC(=O)OC. The van der Waals surface area contributed by atoms with Gasteiger partial charge in [-0.1, -0.05) is 12.5 Å². The first-order chi connectivity index (χ1) is 10.1. The number of hydrogen-bond acceptors (Lipinski definition) is 5. The summed E-state index contributed by atoms with van der Waals surface area (Å²) < 4.78 is 4.68. The normalized spacial score (nSPS) is 18.6. The van der Waals surface area contributed by atoms with Crippen molar-refractivity contribution in [2.45, 2.75) is 31.7 Å². The zero-order valence-electron chi connectivity index (χ0n) is 12.4. The van der Waals surface area contributed by atoms with Crippen LogP contribution in [0.25, 0.3) is 0 Å². The number of imide groups is 1. The van der Waals surface area contributed by atoms with E-state index in [4.69, 9.17) is 0 Å². The highest BCUT2D eigenvalue weighted by molar-refractivity contribution is 5.95. The number of carbonyl (C=O) groups is 3. The van der Waals surface area contributed by atoms with E-state index >= 15 is 0 Å². The van der Waals surface area contributed by atoms with E-state index in [0.29, 0.717) is 6.54 Å². The third-order valence-electron chi connectivity index (χ3n) is 3.39. The number of urea groups is 1. The molecule has 0 unspecified atom stereocenters. The van der Waals surface area contributed by atoms with Crippen molar-refractivity contribution < 1.29 is 19.1 Å². The molecule has 1 fully saturated rings. The molecular formula is C14H23N3O4. The van der Waals surface area contributed by atoms with E-state index < -0.39 is 6.03 Å². The lowest BCUT2D eigenvalue weighted by molar-refractivity contribution is -0.143. The maximum atomic E-state index is 11.8. The van der Waals surface area contributed by atoms with Crippen LogP contribution >= 0.6 is 0 Å². The van der Waals surface area contributed by atoms with E-state index in [1.807, 2.05) is 4.90 Å². The molecule has 2 N–H and O–H groups in total. The Morgan fingerprint density at radius 2 is 2.14 bits per heavy atom. The van der Waals surface area contributed by atoms with E-state index in [-0.39, 0.29) is 30.9 Å². The Kier molecular flexibility index (Phi) is 7.45. The van der Waals surface area contributed by atoms with Gasteiger partial charge in [0.05, 0.1) is 20.1 Å². The van der Waals surface area contributed by atoms with E-state index in [1.54, 1.807) is 0 Å². The number of nitrogens with zero attached hydrogens (tertiary/aromatic N) is 1. The van der Waals surface area contributed by atoms with Gasteiger partial charge < -0.3 is 10.1 Å². The van der Waals surface area contributed by atoms with Crippen molar-refractivity contribution in [3.8, 4) is 0 Å². The molecule has 0 aromatic heterocycles. The van der Waals surface area contributed by atoms with Crippen LogP contribution in [0.5, 0.6) is 0 Å². The Balaban J connectivity index is 2.45. The average Bonchev–Trinajstić information content (AvgIpc) is 2.46. The molecular weight excluding hydrogens is 274 g/mol. The van der Waals surface area contributed by atoms with Gasteiger partial charge >= 0.3 is 12.0 Å². The predicted molar refractivity (Wildman–Crippen MR) is 77.6 cm³/mol. The fourth-order valence-corrected chi connectivity index (χ4v) is 2.33. The van der Waals surface area contributed by atoms with Gasteiger partial charge in [-0.05, 0) is 19.4 Å². The largest absolute Gasteiger partial charge is 0.469 e. The highest BCUT2D eigenvalue weighted by Gasteiger charge is 2.26. The van der Waals surface area contributed by atoms with Crippen molar-refractivity contribution in [1.82, 2.24) is 15.5 Å². The molecule has 0 radical (unpaired) electrons. The fraction of sp³-hybridized carbons (Fsp3) is 0.643. The smallest absolute Gasteiger partial charge is 0.321 e. The molecule has 7 nitrogen and oxygen atoms in total. The molecule has 1 aliphatic rings. The lowest BCUT2D eigenvalue weighted by Crippen LogP contribution is -2.49. The molecule has 1 heterocycles. The zero-order chi connectivity index (χ0) is 15.7. The van der Waals surface area contributed by atoms with Gasteiger partial charge in [-0.3, -0.25) is 19.8 Å². The third-order valence-corrected chi connectivity index (χ3v) is 3.39. The molecule has 1 atom stereocenters. The molecule has 0 spiro atoms. The number of amides is 3. The van der Waals surface area contributed by atoms with Crippen molar-refractivity contribution >= 4 is 17.9 Å². The Morgan fingerprint density at radius 3 is 2.81 bits per heavy atom. The molecule has 118 valence electrons.